The molecule has 16 nitrogen and oxygen atoms in total. The number of methoxy groups -OCH3 is 2. The number of likely N-dealkylation sites (tertiary alicyclic amines) is 1. The lowest BCUT2D eigenvalue weighted by atomic mass is 9.69. The minimum absolute atomic E-state index is 0.0126. The molecule has 5 aromatic rings. The summed E-state index contributed by atoms with van der Waals surface area (Å²) in [4.78, 5) is 73.8. The first-order valence-electron chi connectivity index (χ1n) is 22.6. The van der Waals surface area contributed by atoms with Crippen LogP contribution in [0, 0.1) is 17.8 Å². The molecule has 10 rings (SSSR count). The minimum Gasteiger partial charge on any atom is -0.488 e. The Bertz CT molecular complexity index is 2680. The van der Waals surface area contributed by atoms with Crippen molar-refractivity contribution < 1.29 is 38.1 Å². The molecule has 0 bridgehead atoms. The van der Waals surface area contributed by atoms with Gasteiger partial charge in [-0.05, 0) is 111 Å². The van der Waals surface area contributed by atoms with Crippen molar-refractivity contribution in [1.82, 2.24) is 40.4 Å². The summed E-state index contributed by atoms with van der Waals surface area (Å²) in [6.07, 6.45) is 4.34. The van der Waals surface area contributed by atoms with Crippen molar-refractivity contribution in [2.24, 2.45) is 17.8 Å². The third-order valence-electron chi connectivity index (χ3n) is 14.6. The summed E-state index contributed by atoms with van der Waals surface area (Å²) < 4.78 is 22.5. The zero-order valence-electron chi connectivity index (χ0n) is 37.3. The lowest BCUT2D eigenvalue weighted by Gasteiger charge is -2.52. The molecule has 3 aromatic carbocycles. The Morgan fingerprint density at radius 2 is 1.70 bits per heavy atom. The van der Waals surface area contributed by atoms with Gasteiger partial charge in [-0.2, -0.15) is 0 Å². The summed E-state index contributed by atoms with van der Waals surface area (Å²) in [5, 5.41) is 7.58. The average Bonchev–Trinajstić information content (AvgIpc) is 4.11. The Kier molecular flexibility index (Phi) is 10.5. The summed E-state index contributed by atoms with van der Waals surface area (Å²) in [5.74, 6) is 1.84. The predicted octanol–water partition coefficient (Wildman–Crippen LogP) is 7.30. The number of fused-ring (bicyclic) bond motifs is 9. The SMILES string of the molecule is COC(=O)N[C@H](C(=O)N1[C@@H](C)CC[C@H]1c1nc2c(ccc3cc4c(cc32)OCc2cc(-c3cnc([C@@H]5CC[C@@H]6C7C(C[C@@H](C)O[C@@H]7C)[C@@H](NC(=O)OC)C(=O)N65)[nH]3)ccc2-4)[nH]1)C(C)C. The van der Waals surface area contributed by atoms with Crippen molar-refractivity contribution in [3.63, 3.8) is 0 Å². The molecular formula is C48H56N8O8. The molecule has 336 valence electrons. The number of imidazole rings is 2. The van der Waals surface area contributed by atoms with E-state index in [1.807, 2.05) is 49.8 Å². The highest BCUT2D eigenvalue weighted by atomic mass is 16.5. The fraction of sp³-hybridized carbons (Fsp3) is 0.500. The summed E-state index contributed by atoms with van der Waals surface area (Å²) in [5.41, 5.74) is 6.59. The molecule has 64 heavy (non-hydrogen) atoms. The second kappa shape index (κ2) is 16.1. The Morgan fingerprint density at radius 1 is 0.906 bits per heavy atom. The lowest BCUT2D eigenvalue weighted by Crippen LogP contribution is -2.66. The van der Waals surface area contributed by atoms with Crippen molar-refractivity contribution in [2.75, 3.05) is 14.2 Å². The van der Waals surface area contributed by atoms with Crippen LogP contribution < -0.4 is 15.4 Å². The van der Waals surface area contributed by atoms with Gasteiger partial charge in [0.25, 0.3) is 0 Å². The number of ether oxygens (including phenoxy) is 4. The largest absolute Gasteiger partial charge is 0.488 e. The number of amides is 4. The molecule has 5 aliphatic rings. The molecule has 10 atom stereocenters. The zero-order chi connectivity index (χ0) is 44.7. The molecule has 4 N–H and O–H groups in total. The number of nitrogens with zero attached hydrogens (tertiary/aromatic N) is 4. The highest BCUT2D eigenvalue weighted by Gasteiger charge is 2.57. The molecule has 0 radical (unpaired) electrons. The van der Waals surface area contributed by atoms with Crippen LogP contribution in [0.15, 0.2) is 48.7 Å². The standard InChI is InChI=1S/C48H56N8O8/c1-22(2)40(53-47(59)61-6)45(57)55-23(3)8-13-37(55)44-50-33-12-10-26-18-31-29-11-9-27(17-28(29)21-63-38(31)19-30(26)41(33)52-44)34-20-49-43(51-34)36-15-14-35-39-25(5)64-24(4)16-32(39)42(46(58)56(35)36)54-48(60)62-7/h9-12,17-20,22-25,32,35-37,39-40,42H,8,13-16,21H2,1-7H3,(H,49,51)(H,50,52)(H,53,59)(H,54,60)/t23-,24+,25+,32?,35+,36-,37-,39?,40-,42+/m0/s1. The first-order valence-corrected chi connectivity index (χ1v) is 22.6. The first kappa shape index (κ1) is 41.8. The van der Waals surface area contributed by atoms with E-state index < -0.39 is 24.3 Å². The van der Waals surface area contributed by atoms with Gasteiger partial charge < -0.3 is 49.3 Å². The molecule has 0 saturated carbocycles. The van der Waals surface area contributed by atoms with E-state index in [1.165, 1.54) is 14.2 Å². The molecule has 0 spiro atoms. The van der Waals surface area contributed by atoms with E-state index in [-0.39, 0.29) is 65.9 Å². The molecule has 4 amide bonds. The van der Waals surface area contributed by atoms with E-state index in [9.17, 15) is 19.2 Å². The Morgan fingerprint density at radius 3 is 2.48 bits per heavy atom. The van der Waals surface area contributed by atoms with E-state index in [4.69, 9.17) is 28.9 Å². The number of hydrogen-bond donors (Lipinski definition) is 4. The smallest absolute Gasteiger partial charge is 0.407 e. The van der Waals surface area contributed by atoms with E-state index >= 15 is 0 Å². The number of carbonyl (C=O) groups excluding carboxylic acids is 4. The number of aromatic nitrogens is 4. The molecule has 0 aliphatic carbocycles. The van der Waals surface area contributed by atoms with Crippen LogP contribution in [0.25, 0.3) is 44.2 Å². The summed E-state index contributed by atoms with van der Waals surface area (Å²) in [6.45, 7) is 10.3. The maximum absolute atomic E-state index is 14.3. The second-order valence-electron chi connectivity index (χ2n) is 18.7. The maximum Gasteiger partial charge on any atom is 0.407 e. The first-order chi connectivity index (χ1) is 30.8. The number of H-pyrrole nitrogens is 2. The Hall–Kier alpha value is -6.16. The Balaban J connectivity index is 0.905. The van der Waals surface area contributed by atoms with Crippen molar-refractivity contribution in [3.8, 4) is 28.1 Å². The molecule has 4 fully saturated rings. The van der Waals surface area contributed by atoms with Crippen LogP contribution in [-0.4, -0.2) is 104 Å². The third kappa shape index (κ3) is 6.91. The highest BCUT2D eigenvalue weighted by molar-refractivity contribution is 6.07. The van der Waals surface area contributed by atoms with Crippen LogP contribution in [0.5, 0.6) is 5.75 Å². The van der Waals surface area contributed by atoms with Crippen LogP contribution in [-0.2, 0) is 30.4 Å². The number of piperidine rings is 1. The number of hydrogen-bond acceptors (Lipinski definition) is 10. The minimum atomic E-state index is -0.728. The number of carbonyl (C=O) groups is 4. The van der Waals surface area contributed by atoms with Crippen molar-refractivity contribution >= 4 is 45.8 Å². The zero-order valence-corrected chi connectivity index (χ0v) is 37.3. The summed E-state index contributed by atoms with van der Waals surface area (Å²) in [7, 11) is 2.61. The van der Waals surface area contributed by atoms with Crippen LogP contribution in [0.3, 0.4) is 0 Å². The van der Waals surface area contributed by atoms with Gasteiger partial charge in [0.2, 0.25) is 11.8 Å². The van der Waals surface area contributed by atoms with E-state index in [2.05, 4.69) is 63.9 Å². The van der Waals surface area contributed by atoms with Gasteiger partial charge in [0.15, 0.2) is 0 Å². The quantitative estimate of drug-likeness (QED) is 0.129. The van der Waals surface area contributed by atoms with Gasteiger partial charge in [-0.1, -0.05) is 32.0 Å². The van der Waals surface area contributed by atoms with Gasteiger partial charge in [-0.25, -0.2) is 19.6 Å². The van der Waals surface area contributed by atoms with Crippen LogP contribution in [0.1, 0.15) is 96.0 Å². The molecule has 5 aliphatic heterocycles. The predicted molar refractivity (Wildman–Crippen MR) is 237 cm³/mol. The van der Waals surface area contributed by atoms with Gasteiger partial charge in [-0.3, -0.25) is 9.59 Å². The van der Waals surface area contributed by atoms with Crippen LogP contribution in [0.4, 0.5) is 9.59 Å². The van der Waals surface area contributed by atoms with E-state index in [0.29, 0.717) is 18.9 Å². The number of nitrogens with one attached hydrogen (secondary N) is 4. The number of aromatic amines is 2. The maximum atomic E-state index is 14.3. The van der Waals surface area contributed by atoms with E-state index in [0.717, 1.165) is 87.0 Å². The highest BCUT2D eigenvalue weighted by Crippen LogP contribution is 2.50. The fourth-order valence-corrected chi connectivity index (χ4v) is 11.6. The van der Waals surface area contributed by atoms with Gasteiger partial charge in [0, 0.05) is 29.0 Å². The summed E-state index contributed by atoms with van der Waals surface area (Å²) in [6, 6.07) is 12.7. The van der Waals surface area contributed by atoms with Crippen LogP contribution in [0.2, 0.25) is 0 Å². The number of benzene rings is 3. The Labute approximate surface area is 371 Å². The topological polar surface area (TPSA) is 193 Å². The lowest BCUT2D eigenvalue weighted by molar-refractivity contribution is -0.168. The van der Waals surface area contributed by atoms with Crippen LogP contribution >= 0.6 is 0 Å². The molecule has 4 saturated heterocycles. The number of rotatable bonds is 7. The van der Waals surface area contributed by atoms with Gasteiger partial charge in [-0.15, -0.1) is 0 Å². The second-order valence-corrected chi connectivity index (χ2v) is 18.7. The average molecular weight is 873 g/mol. The molecule has 2 aromatic heterocycles. The molecule has 7 heterocycles. The molecular weight excluding hydrogens is 817 g/mol. The van der Waals surface area contributed by atoms with Gasteiger partial charge >= 0.3 is 12.2 Å². The number of alkyl carbamates (subject to hydrolysis) is 2. The molecule has 16 heteroatoms. The van der Waals surface area contributed by atoms with Gasteiger partial charge in [0.1, 0.15) is 36.1 Å². The normalized spacial score (nSPS) is 27.7. The van der Waals surface area contributed by atoms with Crippen molar-refractivity contribution in [2.45, 2.75) is 122 Å². The van der Waals surface area contributed by atoms with Gasteiger partial charge in [0.05, 0.1) is 61.4 Å². The monoisotopic (exact) mass is 872 g/mol. The van der Waals surface area contributed by atoms with E-state index in [1.54, 1.807) is 0 Å². The third-order valence-corrected chi connectivity index (χ3v) is 14.6. The van der Waals surface area contributed by atoms with Crippen molar-refractivity contribution in [3.05, 3.63) is 65.9 Å². The summed E-state index contributed by atoms with van der Waals surface area (Å²) >= 11 is 0. The molecule has 2 unspecified atom stereocenters. The fourth-order valence-electron chi connectivity index (χ4n) is 11.6. The van der Waals surface area contributed by atoms with Crippen molar-refractivity contribution in [1.29, 1.82) is 0 Å².